The van der Waals surface area contributed by atoms with Crippen molar-refractivity contribution < 1.29 is 14.3 Å². The lowest BCUT2D eigenvalue weighted by Gasteiger charge is -2.09. The van der Waals surface area contributed by atoms with E-state index in [0.29, 0.717) is 4.47 Å². The van der Waals surface area contributed by atoms with Crippen LogP contribution in [0.3, 0.4) is 0 Å². The van der Waals surface area contributed by atoms with Crippen molar-refractivity contribution in [3.05, 3.63) is 51.5 Å². The number of carbonyl (C=O) groups is 1. The van der Waals surface area contributed by atoms with Gasteiger partial charge in [0.2, 0.25) is 0 Å². The Bertz CT molecular complexity index is 631. The molecule has 2 N–H and O–H groups in total. The molecule has 0 bridgehead atoms. The van der Waals surface area contributed by atoms with Gasteiger partial charge in [-0.05, 0) is 34.1 Å². The average Bonchev–Trinajstić information content (AvgIpc) is 2.33. The van der Waals surface area contributed by atoms with E-state index in [-0.39, 0.29) is 10.8 Å². The minimum atomic E-state index is -0.823. The Morgan fingerprint density at radius 3 is 2.89 bits per heavy atom. The van der Waals surface area contributed by atoms with Gasteiger partial charge < -0.3 is 10.4 Å². The second kappa shape index (κ2) is 5.54. The molecule has 2 aromatic rings. The fraction of sp³-hybridized carbons (Fsp3) is 0. The van der Waals surface area contributed by atoms with Crippen LogP contribution < -0.4 is 5.32 Å². The second-order valence-corrected chi connectivity index (χ2v) is 4.85. The molecule has 4 nitrogen and oxygen atoms in total. The number of carbonyl (C=O) groups excluding carboxylic acids is 1. The summed E-state index contributed by atoms with van der Waals surface area (Å²) in [5, 5.41) is 12.0. The molecule has 7 heteroatoms. The summed E-state index contributed by atoms with van der Waals surface area (Å²) in [6.45, 7) is 0. The number of anilines is 1. The Labute approximate surface area is 121 Å². The lowest BCUT2D eigenvalue weighted by molar-refractivity contribution is 0.102. The fourth-order valence-electron chi connectivity index (χ4n) is 1.43. The molecule has 0 saturated heterocycles. The monoisotopic (exact) mass is 344 g/mol. The highest BCUT2D eigenvalue weighted by Gasteiger charge is 2.17. The van der Waals surface area contributed by atoms with Gasteiger partial charge in [0.05, 0.1) is 5.69 Å². The van der Waals surface area contributed by atoms with Crippen LogP contribution >= 0.6 is 27.5 Å². The molecule has 1 amide bonds. The van der Waals surface area contributed by atoms with Crippen LogP contribution in [0.15, 0.2) is 34.9 Å². The molecule has 0 fully saturated rings. The third kappa shape index (κ3) is 3.02. The largest absolute Gasteiger partial charge is 0.507 e. The lowest BCUT2D eigenvalue weighted by atomic mass is 10.1. The zero-order chi connectivity index (χ0) is 14.0. The van der Waals surface area contributed by atoms with Crippen molar-refractivity contribution in [3.63, 3.8) is 0 Å². The summed E-state index contributed by atoms with van der Waals surface area (Å²) in [5.74, 6) is -2.08. The molecule has 0 aliphatic carbocycles. The number of rotatable bonds is 2. The summed E-state index contributed by atoms with van der Waals surface area (Å²) < 4.78 is 14.1. The van der Waals surface area contributed by atoms with E-state index in [0.717, 1.165) is 6.07 Å². The van der Waals surface area contributed by atoms with Gasteiger partial charge in [-0.2, -0.15) is 0 Å². The zero-order valence-electron chi connectivity index (χ0n) is 9.32. The van der Waals surface area contributed by atoms with Gasteiger partial charge in [-0.1, -0.05) is 17.7 Å². The third-order valence-corrected chi connectivity index (χ3v) is 3.01. The van der Waals surface area contributed by atoms with Gasteiger partial charge in [0.15, 0.2) is 5.15 Å². The molecule has 0 unspecified atom stereocenters. The highest BCUT2D eigenvalue weighted by Crippen LogP contribution is 2.26. The normalized spacial score (nSPS) is 10.3. The number of aromatic nitrogens is 1. The number of benzene rings is 1. The minimum absolute atomic E-state index is 0.0624. The Balaban J connectivity index is 2.34. The fourth-order valence-corrected chi connectivity index (χ4v) is 1.91. The molecular weight excluding hydrogens is 338 g/mol. The number of phenolic OH excluding ortho intramolecular Hbond substituents is 1. The number of pyridine rings is 1. The summed E-state index contributed by atoms with van der Waals surface area (Å²) in [5.41, 5.74) is -0.234. The van der Waals surface area contributed by atoms with E-state index in [4.69, 9.17) is 11.6 Å². The Hall–Kier alpha value is -1.66. The van der Waals surface area contributed by atoms with Crippen molar-refractivity contribution in [2.24, 2.45) is 0 Å². The molecule has 0 aliphatic rings. The highest BCUT2D eigenvalue weighted by molar-refractivity contribution is 9.10. The second-order valence-electron chi connectivity index (χ2n) is 3.58. The number of halogens is 3. The van der Waals surface area contributed by atoms with Gasteiger partial charge in [-0.25, -0.2) is 9.37 Å². The van der Waals surface area contributed by atoms with Gasteiger partial charge in [0.1, 0.15) is 17.1 Å². The van der Waals surface area contributed by atoms with Crippen molar-refractivity contribution in [3.8, 4) is 5.75 Å². The maximum Gasteiger partial charge on any atom is 0.262 e. The third-order valence-electron chi connectivity index (χ3n) is 2.27. The van der Waals surface area contributed by atoms with Crippen molar-refractivity contribution >= 4 is 39.1 Å². The predicted octanol–water partition coefficient (Wildman–Crippen LogP) is 3.59. The summed E-state index contributed by atoms with van der Waals surface area (Å²) in [6.07, 6.45) is 1.46. The van der Waals surface area contributed by atoms with E-state index in [1.165, 1.54) is 24.4 Å². The lowest BCUT2D eigenvalue weighted by Crippen LogP contribution is -2.14. The molecule has 98 valence electrons. The van der Waals surface area contributed by atoms with Crippen LogP contribution in [0.4, 0.5) is 10.1 Å². The number of nitrogens with zero attached hydrogens (tertiary/aromatic N) is 1. The van der Waals surface area contributed by atoms with Crippen LogP contribution in [0.2, 0.25) is 5.15 Å². The van der Waals surface area contributed by atoms with Gasteiger partial charge in [0.25, 0.3) is 5.91 Å². The van der Waals surface area contributed by atoms with E-state index < -0.39 is 23.0 Å². The molecule has 19 heavy (non-hydrogen) atoms. The van der Waals surface area contributed by atoms with Crippen LogP contribution in [0.1, 0.15) is 10.4 Å². The smallest absolute Gasteiger partial charge is 0.262 e. The maximum absolute atomic E-state index is 13.5. The van der Waals surface area contributed by atoms with Crippen molar-refractivity contribution in [1.82, 2.24) is 4.98 Å². The van der Waals surface area contributed by atoms with E-state index in [2.05, 4.69) is 26.2 Å². The van der Waals surface area contributed by atoms with Crippen molar-refractivity contribution in [1.29, 1.82) is 0 Å². The molecule has 0 saturated carbocycles. The van der Waals surface area contributed by atoms with Crippen molar-refractivity contribution in [2.75, 3.05) is 5.32 Å². The first kappa shape index (κ1) is 13.8. The van der Waals surface area contributed by atoms with Crippen LogP contribution in [0.5, 0.6) is 5.75 Å². The zero-order valence-corrected chi connectivity index (χ0v) is 11.7. The van der Waals surface area contributed by atoms with E-state index in [9.17, 15) is 14.3 Å². The Kier molecular flexibility index (Phi) is 4.01. The first-order valence-electron chi connectivity index (χ1n) is 5.09. The Morgan fingerprint density at radius 2 is 2.21 bits per heavy atom. The Morgan fingerprint density at radius 1 is 1.47 bits per heavy atom. The number of hydrogen-bond donors (Lipinski definition) is 2. The molecule has 1 aromatic carbocycles. The number of phenols is 1. The standard InChI is InChI=1S/C12H7BrClFN2O2/c13-6-4-8(11(14)16-5-6)17-12(19)10-7(15)2-1-3-9(10)18/h1-5,18H,(H,17,19). The van der Waals surface area contributed by atoms with Gasteiger partial charge >= 0.3 is 0 Å². The highest BCUT2D eigenvalue weighted by atomic mass is 79.9. The van der Waals surface area contributed by atoms with Crippen LogP contribution in [0, 0.1) is 5.82 Å². The van der Waals surface area contributed by atoms with Gasteiger partial charge in [-0.15, -0.1) is 0 Å². The van der Waals surface area contributed by atoms with Crippen LogP contribution in [-0.2, 0) is 0 Å². The number of aromatic hydroxyl groups is 1. The molecule has 0 atom stereocenters. The van der Waals surface area contributed by atoms with E-state index >= 15 is 0 Å². The minimum Gasteiger partial charge on any atom is -0.507 e. The van der Waals surface area contributed by atoms with Crippen LogP contribution in [0.25, 0.3) is 0 Å². The molecule has 1 aromatic heterocycles. The average molecular weight is 346 g/mol. The van der Waals surface area contributed by atoms with Gasteiger partial charge in [0, 0.05) is 10.7 Å². The SMILES string of the molecule is O=C(Nc1cc(Br)cnc1Cl)c1c(O)cccc1F. The van der Waals surface area contributed by atoms with Crippen LogP contribution in [-0.4, -0.2) is 16.0 Å². The first-order valence-corrected chi connectivity index (χ1v) is 6.26. The molecule has 0 spiro atoms. The summed E-state index contributed by atoms with van der Waals surface area (Å²) in [6, 6.07) is 5.12. The van der Waals surface area contributed by atoms with E-state index in [1.54, 1.807) is 0 Å². The molecule has 2 rings (SSSR count). The molecule has 1 heterocycles. The first-order chi connectivity index (χ1) is 8.99. The van der Waals surface area contributed by atoms with E-state index in [1.807, 2.05) is 0 Å². The molecular formula is C12H7BrClFN2O2. The van der Waals surface area contributed by atoms with Crippen molar-refractivity contribution in [2.45, 2.75) is 0 Å². The molecule has 0 aliphatic heterocycles. The summed E-state index contributed by atoms with van der Waals surface area (Å²) in [4.78, 5) is 15.7. The number of nitrogens with one attached hydrogen (secondary N) is 1. The quantitative estimate of drug-likeness (QED) is 0.818. The summed E-state index contributed by atoms with van der Waals surface area (Å²) >= 11 is 8.98. The molecule has 0 radical (unpaired) electrons. The number of amides is 1. The predicted molar refractivity (Wildman–Crippen MR) is 73.0 cm³/mol. The topological polar surface area (TPSA) is 62.2 Å². The number of hydrogen-bond acceptors (Lipinski definition) is 3. The summed E-state index contributed by atoms with van der Waals surface area (Å²) in [7, 11) is 0. The van der Waals surface area contributed by atoms with Gasteiger partial charge in [-0.3, -0.25) is 4.79 Å². The maximum atomic E-state index is 13.5.